The summed E-state index contributed by atoms with van der Waals surface area (Å²) in [6.45, 7) is 0. The molecule has 2 aromatic carbocycles. The molecule has 1 saturated carbocycles. The number of H-pyrrole nitrogens is 1. The van der Waals surface area contributed by atoms with Crippen molar-refractivity contribution in [1.29, 1.82) is 0 Å². The normalized spacial score (nSPS) is 20.4. The number of hydrogen-bond donors (Lipinski definition) is 1. The summed E-state index contributed by atoms with van der Waals surface area (Å²) in [6, 6.07) is 9.68. The number of halogens is 3. The van der Waals surface area contributed by atoms with Gasteiger partial charge in [0.25, 0.3) is 0 Å². The molecule has 2 aromatic heterocycles. The third-order valence-corrected chi connectivity index (χ3v) is 6.73. The Labute approximate surface area is 183 Å². The number of rotatable bonds is 4. The van der Waals surface area contributed by atoms with Crippen molar-refractivity contribution in [1.82, 2.24) is 15.0 Å². The largest absolute Gasteiger partial charge is 0.373 e. The molecule has 4 aromatic rings. The van der Waals surface area contributed by atoms with Crippen LogP contribution in [0.25, 0.3) is 21.9 Å². The SMILES string of the molecule is CO[C@@H](c1nc2cc(F)c(Cl)cc2[nH]1)[C@H]1CC[C@@H](c2ccnc3ccc(F)cc32)CC1. The lowest BCUT2D eigenvalue weighted by Gasteiger charge is -2.33. The first-order valence-electron chi connectivity index (χ1n) is 10.4. The van der Waals surface area contributed by atoms with Crippen LogP contribution in [0, 0.1) is 17.6 Å². The standard InChI is InChI=1S/C24H22ClF2N3O/c1-31-23(24-29-21-11-18(25)19(27)12-22(21)30-24)14-4-2-13(3-5-14)16-8-9-28-20-7-6-15(26)10-17(16)20/h6-14,23H,2-5H2,1H3,(H,29,30)/t13-,14+,23-/m1/s1. The molecular formula is C24H22ClF2N3O. The molecule has 0 saturated heterocycles. The fraction of sp³-hybridized carbons (Fsp3) is 0.333. The number of hydrogen-bond acceptors (Lipinski definition) is 3. The summed E-state index contributed by atoms with van der Waals surface area (Å²) < 4.78 is 33.4. The van der Waals surface area contributed by atoms with E-state index in [1.807, 2.05) is 6.07 Å². The van der Waals surface area contributed by atoms with Crippen molar-refractivity contribution in [3.05, 3.63) is 70.6 Å². The molecule has 4 nitrogen and oxygen atoms in total. The summed E-state index contributed by atoms with van der Waals surface area (Å²) in [5, 5.41) is 0.962. The van der Waals surface area contributed by atoms with Gasteiger partial charge in [-0.2, -0.15) is 0 Å². The van der Waals surface area contributed by atoms with Gasteiger partial charge < -0.3 is 9.72 Å². The summed E-state index contributed by atoms with van der Waals surface area (Å²) in [7, 11) is 1.68. The molecule has 2 heterocycles. The van der Waals surface area contributed by atoms with Crippen molar-refractivity contribution in [2.45, 2.75) is 37.7 Å². The van der Waals surface area contributed by atoms with Gasteiger partial charge in [0.1, 0.15) is 23.6 Å². The number of fused-ring (bicyclic) bond motifs is 2. The van der Waals surface area contributed by atoms with E-state index in [1.165, 1.54) is 12.1 Å². The molecule has 0 spiro atoms. The lowest BCUT2D eigenvalue weighted by atomic mass is 9.76. The number of nitrogens with zero attached hydrogens (tertiary/aromatic N) is 2. The molecule has 0 unspecified atom stereocenters. The van der Waals surface area contributed by atoms with E-state index in [0.717, 1.165) is 42.1 Å². The summed E-state index contributed by atoms with van der Waals surface area (Å²) in [5.74, 6) is 0.606. The predicted octanol–water partition coefficient (Wildman–Crippen LogP) is 6.70. The third-order valence-electron chi connectivity index (χ3n) is 6.44. The minimum atomic E-state index is -0.484. The highest BCUT2D eigenvalue weighted by molar-refractivity contribution is 6.31. The summed E-state index contributed by atoms with van der Waals surface area (Å²) in [5.41, 5.74) is 3.22. The topological polar surface area (TPSA) is 50.8 Å². The van der Waals surface area contributed by atoms with Gasteiger partial charge in [0, 0.05) is 24.8 Å². The molecule has 0 bridgehead atoms. The summed E-state index contributed by atoms with van der Waals surface area (Å²) >= 11 is 5.90. The van der Waals surface area contributed by atoms with E-state index < -0.39 is 5.82 Å². The number of ether oxygens (including phenoxy) is 1. The van der Waals surface area contributed by atoms with Crippen molar-refractivity contribution < 1.29 is 13.5 Å². The smallest absolute Gasteiger partial charge is 0.144 e. The number of aromatic nitrogens is 3. The Balaban J connectivity index is 1.37. The molecule has 1 N–H and O–H groups in total. The average molecular weight is 442 g/mol. The van der Waals surface area contributed by atoms with Crippen LogP contribution >= 0.6 is 11.6 Å². The number of imidazole rings is 1. The van der Waals surface area contributed by atoms with Gasteiger partial charge in [-0.3, -0.25) is 4.98 Å². The molecule has 7 heteroatoms. The first-order chi connectivity index (χ1) is 15.0. The lowest BCUT2D eigenvalue weighted by molar-refractivity contribution is 0.0274. The van der Waals surface area contributed by atoms with Crippen LogP contribution in [0.3, 0.4) is 0 Å². The zero-order valence-corrected chi connectivity index (χ0v) is 17.8. The van der Waals surface area contributed by atoms with Crippen LogP contribution < -0.4 is 0 Å². The zero-order chi connectivity index (χ0) is 21.5. The molecule has 0 aliphatic heterocycles. The van der Waals surface area contributed by atoms with Gasteiger partial charge in [0.2, 0.25) is 0 Å². The quantitative estimate of drug-likeness (QED) is 0.383. The number of pyridine rings is 1. The van der Waals surface area contributed by atoms with Gasteiger partial charge in [-0.05, 0) is 73.4 Å². The van der Waals surface area contributed by atoms with E-state index in [-0.39, 0.29) is 22.9 Å². The van der Waals surface area contributed by atoms with Crippen molar-refractivity contribution in [2.24, 2.45) is 5.92 Å². The highest BCUT2D eigenvalue weighted by Crippen LogP contribution is 2.43. The summed E-state index contributed by atoms with van der Waals surface area (Å²) in [6.07, 6.45) is 5.45. The Morgan fingerprint density at radius 3 is 2.65 bits per heavy atom. The van der Waals surface area contributed by atoms with E-state index in [9.17, 15) is 8.78 Å². The van der Waals surface area contributed by atoms with Crippen molar-refractivity contribution >= 4 is 33.5 Å². The van der Waals surface area contributed by atoms with Crippen LogP contribution in [-0.4, -0.2) is 22.1 Å². The monoisotopic (exact) mass is 441 g/mol. The van der Waals surface area contributed by atoms with E-state index in [4.69, 9.17) is 16.3 Å². The third kappa shape index (κ3) is 3.79. The van der Waals surface area contributed by atoms with Crippen LogP contribution in [0.4, 0.5) is 8.78 Å². The van der Waals surface area contributed by atoms with E-state index in [2.05, 4.69) is 15.0 Å². The van der Waals surface area contributed by atoms with Gasteiger partial charge in [0.15, 0.2) is 0 Å². The van der Waals surface area contributed by atoms with Gasteiger partial charge in [0.05, 0.1) is 21.6 Å². The minimum absolute atomic E-state index is 0.0678. The van der Waals surface area contributed by atoms with Gasteiger partial charge in [-0.1, -0.05) is 11.6 Å². The predicted molar refractivity (Wildman–Crippen MR) is 117 cm³/mol. The van der Waals surface area contributed by atoms with E-state index in [0.29, 0.717) is 22.8 Å². The van der Waals surface area contributed by atoms with Gasteiger partial charge in [-0.25, -0.2) is 13.8 Å². The van der Waals surface area contributed by atoms with Gasteiger partial charge in [-0.15, -0.1) is 0 Å². The number of benzene rings is 2. The second kappa shape index (κ2) is 8.17. The van der Waals surface area contributed by atoms with Crippen LogP contribution in [0.5, 0.6) is 0 Å². The van der Waals surface area contributed by atoms with E-state index in [1.54, 1.807) is 31.5 Å². The highest BCUT2D eigenvalue weighted by atomic mass is 35.5. The Morgan fingerprint density at radius 1 is 1.06 bits per heavy atom. The maximum atomic E-state index is 13.8. The Bertz CT molecular complexity index is 1210. The molecule has 5 rings (SSSR count). The fourth-order valence-corrected chi connectivity index (χ4v) is 5.08. The fourth-order valence-electron chi connectivity index (χ4n) is 4.92. The van der Waals surface area contributed by atoms with Crippen LogP contribution in [-0.2, 0) is 4.74 Å². The molecule has 160 valence electrons. The average Bonchev–Trinajstić information content (AvgIpc) is 3.17. The highest BCUT2D eigenvalue weighted by Gasteiger charge is 2.31. The molecule has 0 radical (unpaired) electrons. The first-order valence-corrected chi connectivity index (χ1v) is 10.8. The van der Waals surface area contributed by atoms with Crippen molar-refractivity contribution in [2.75, 3.05) is 7.11 Å². The number of methoxy groups -OCH3 is 1. The number of aromatic amines is 1. The Hall–Kier alpha value is -2.57. The molecule has 1 atom stereocenters. The molecule has 1 fully saturated rings. The summed E-state index contributed by atoms with van der Waals surface area (Å²) in [4.78, 5) is 12.2. The van der Waals surface area contributed by atoms with Gasteiger partial charge >= 0.3 is 0 Å². The molecule has 1 aliphatic rings. The molecule has 31 heavy (non-hydrogen) atoms. The Morgan fingerprint density at radius 2 is 1.87 bits per heavy atom. The van der Waals surface area contributed by atoms with Crippen LogP contribution in [0.2, 0.25) is 5.02 Å². The number of nitrogens with one attached hydrogen (secondary N) is 1. The van der Waals surface area contributed by atoms with Crippen LogP contribution in [0.15, 0.2) is 42.6 Å². The zero-order valence-electron chi connectivity index (χ0n) is 17.0. The molecule has 1 aliphatic carbocycles. The maximum Gasteiger partial charge on any atom is 0.144 e. The molecule has 0 amide bonds. The second-order valence-electron chi connectivity index (χ2n) is 8.24. The maximum absolute atomic E-state index is 13.8. The van der Waals surface area contributed by atoms with E-state index >= 15 is 0 Å². The Kier molecular flexibility index (Phi) is 5.36. The second-order valence-corrected chi connectivity index (χ2v) is 8.64. The lowest BCUT2D eigenvalue weighted by Crippen LogP contribution is -2.22. The first kappa shape index (κ1) is 20.3. The minimum Gasteiger partial charge on any atom is -0.373 e. The van der Waals surface area contributed by atoms with Crippen molar-refractivity contribution in [3.63, 3.8) is 0 Å². The van der Waals surface area contributed by atoms with Crippen molar-refractivity contribution in [3.8, 4) is 0 Å². The van der Waals surface area contributed by atoms with Crippen LogP contribution in [0.1, 0.15) is 49.1 Å². The molecular weight excluding hydrogens is 420 g/mol.